The standard InChI is InChI=1S/C16H16N2O2S2/c19-15(14-6-4-10-22-14)17-13(11-12-5-3-9-21-12)16(20)18-7-1-2-8-18/h3-6,9-11H,1-2,7-8H2,(H,17,19)/b13-11+. The number of thiophene rings is 2. The molecule has 114 valence electrons. The van der Waals surface area contributed by atoms with E-state index in [2.05, 4.69) is 5.32 Å². The molecule has 0 bridgehead atoms. The highest BCUT2D eigenvalue weighted by molar-refractivity contribution is 7.12. The summed E-state index contributed by atoms with van der Waals surface area (Å²) in [6, 6.07) is 7.43. The van der Waals surface area contributed by atoms with Gasteiger partial charge in [-0.1, -0.05) is 12.1 Å². The van der Waals surface area contributed by atoms with Crippen molar-refractivity contribution in [3.8, 4) is 0 Å². The minimum absolute atomic E-state index is 0.101. The van der Waals surface area contributed by atoms with Crippen LogP contribution in [0.25, 0.3) is 6.08 Å². The van der Waals surface area contributed by atoms with Gasteiger partial charge in [0.15, 0.2) is 0 Å². The van der Waals surface area contributed by atoms with Crippen LogP contribution < -0.4 is 5.32 Å². The van der Waals surface area contributed by atoms with Gasteiger partial charge in [-0.2, -0.15) is 0 Å². The minimum Gasteiger partial charge on any atom is -0.337 e. The van der Waals surface area contributed by atoms with E-state index < -0.39 is 0 Å². The van der Waals surface area contributed by atoms with Crippen molar-refractivity contribution in [1.82, 2.24) is 10.2 Å². The normalized spacial score (nSPS) is 15.1. The van der Waals surface area contributed by atoms with Crippen LogP contribution in [-0.2, 0) is 4.79 Å². The lowest BCUT2D eigenvalue weighted by atomic mass is 10.3. The zero-order chi connectivity index (χ0) is 15.4. The highest BCUT2D eigenvalue weighted by atomic mass is 32.1. The lowest BCUT2D eigenvalue weighted by Gasteiger charge is -2.17. The van der Waals surface area contributed by atoms with Crippen molar-refractivity contribution in [2.45, 2.75) is 12.8 Å². The van der Waals surface area contributed by atoms with Crippen LogP contribution in [0.15, 0.2) is 40.7 Å². The number of hydrogen-bond donors (Lipinski definition) is 1. The summed E-state index contributed by atoms with van der Waals surface area (Å²) in [6.45, 7) is 1.52. The van der Waals surface area contributed by atoms with Crippen LogP contribution in [0.5, 0.6) is 0 Å². The van der Waals surface area contributed by atoms with Crippen LogP contribution in [0.4, 0.5) is 0 Å². The van der Waals surface area contributed by atoms with Crippen molar-refractivity contribution in [2.75, 3.05) is 13.1 Å². The Bertz CT molecular complexity index is 669. The van der Waals surface area contributed by atoms with Gasteiger partial charge >= 0.3 is 0 Å². The smallest absolute Gasteiger partial charge is 0.270 e. The summed E-state index contributed by atoms with van der Waals surface area (Å²) in [4.78, 5) is 28.2. The second-order valence-electron chi connectivity index (χ2n) is 5.00. The highest BCUT2D eigenvalue weighted by Gasteiger charge is 2.23. The third-order valence-corrected chi connectivity index (χ3v) is 5.13. The maximum atomic E-state index is 12.6. The predicted octanol–water partition coefficient (Wildman–Crippen LogP) is 3.20. The van der Waals surface area contributed by atoms with Gasteiger partial charge in [0.2, 0.25) is 0 Å². The summed E-state index contributed by atoms with van der Waals surface area (Å²) in [5.41, 5.74) is 0.350. The molecule has 4 nitrogen and oxygen atoms in total. The van der Waals surface area contributed by atoms with Crippen LogP contribution in [0, 0.1) is 0 Å². The van der Waals surface area contributed by atoms with Crippen molar-refractivity contribution < 1.29 is 9.59 Å². The van der Waals surface area contributed by atoms with Crippen LogP contribution >= 0.6 is 22.7 Å². The van der Waals surface area contributed by atoms with E-state index >= 15 is 0 Å². The molecule has 22 heavy (non-hydrogen) atoms. The Kier molecular flexibility index (Phi) is 4.70. The monoisotopic (exact) mass is 332 g/mol. The number of nitrogens with one attached hydrogen (secondary N) is 1. The first-order chi connectivity index (χ1) is 10.7. The fourth-order valence-corrected chi connectivity index (χ4v) is 3.63. The fourth-order valence-electron chi connectivity index (χ4n) is 2.35. The van der Waals surface area contributed by atoms with E-state index in [0.717, 1.165) is 30.8 Å². The average Bonchev–Trinajstić information content (AvgIpc) is 3.26. The second kappa shape index (κ2) is 6.89. The summed E-state index contributed by atoms with van der Waals surface area (Å²) < 4.78 is 0. The summed E-state index contributed by atoms with van der Waals surface area (Å²) >= 11 is 2.90. The van der Waals surface area contributed by atoms with Gasteiger partial charge in [0.25, 0.3) is 11.8 Å². The molecule has 0 saturated carbocycles. The molecule has 1 saturated heterocycles. The third-order valence-electron chi connectivity index (χ3n) is 3.45. The van der Waals surface area contributed by atoms with Crippen molar-refractivity contribution in [3.05, 3.63) is 50.5 Å². The van der Waals surface area contributed by atoms with Gasteiger partial charge in [-0.05, 0) is 41.8 Å². The van der Waals surface area contributed by atoms with E-state index in [-0.39, 0.29) is 11.8 Å². The van der Waals surface area contributed by atoms with Gasteiger partial charge in [0.05, 0.1) is 4.88 Å². The van der Waals surface area contributed by atoms with Gasteiger partial charge in [-0.15, -0.1) is 22.7 Å². The molecular formula is C16H16N2O2S2. The first-order valence-electron chi connectivity index (χ1n) is 7.13. The van der Waals surface area contributed by atoms with Gasteiger partial charge in [-0.25, -0.2) is 0 Å². The quantitative estimate of drug-likeness (QED) is 0.874. The first kappa shape index (κ1) is 15.0. The van der Waals surface area contributed by atoms with Crippen molar-refractivity contribution in [3.63, 3.8) is 0 Å². The van der Waals surface area contributed by atoms with Gasteiger partial charge in [0, 0.05) is 18.0 Å². The van der Waals surface area contributed by atoms with Crippen LogP contribution in [-0.4, -0.2) is 29.8 Å². The zero-order valence-corrected chi connectivity index (χ0v) is 13.6. The highest BCUT2D eigenvalue weighted by Crippen LogP contribution is 2.17. The molecule has 0 atom stereocenters. The van der Waals surface area contributed by atoms with E-state index in [4.69, 9.17) is 0 Å². The number of amides is 2. The Labute approximate surface area is 137 Å². The van der Waals surface area contributed by atoms with Crippen molar-refractivity contribution >= 4 is 40.6 Å². The number of likely N-dealkylation sites (tertiary alicyclic amines) is 1. The number of hydrogen-bond acceptors (Lipinski definition) is 4. The first-order valence-corrected chi connectivity index (χ1v) is 8.89. The van der Waals surface area contributed by atoms with Crippen LogP contribution in [0.2, 0.25) is 0 Å². The fraction of sp³-hybridized carbons (Fsp3) is 0.250. The zero-order valence-electron chi connectivity index (χ0n) is 12.0. The number of nitrogens with zero attached hydrogens (tertiary/aromatic N) is 1. The second-order valence-corrected chi connectivity index (χ2v) is 6.93. The molecule has 2 aromatic heterocycles. The van der Waals surface area contributed by atoms with E-state index in [1.165, 1.54) is 22.7 Å². The topological polar surface area (TPSA) is 49.4 Å². The lowest BCUT2D eigenvalue weighted by molar-refractivity contribution is -0.126. The molecule has 0 spiro atoms. The Morgan fingerprint density at radius 3 is 2.45 bits per heavy atom. The molecule has 6 heteroatoms. The van der Waals surface area contributed by atoms with E-state index in [0.29, 0.717) is 10.6 Å². The molecular weight excluding hydrogens is 316 g/mol. The van der Waals surface area contributed by atoms with Gasteiger partial charge < -0.3 is 10.2 Å². The molecule has 2 aromatic rings. The molecule has 2 amide bonds. The molecule has 3 rings (SSSR count). The largest absolute Gasteiger partial charge is 0.337 e. The molecule has 1 N–H and O–H groups in total. The Balaban J connectivity index is 1.82. The summed E-state index contributed by atoms with van der Waals surface area (Å²) in [7, 11) is 0. The van der Waals surface area contributed by atoms with Gasteiger partial charge in [-0.3, -0.25) is 9.59 Å². The molecule has 1 fully saturated rings. The van der Waals surface area contributed by atoms with Gasteiger partial charge in [0.1, 0.15) is 5.70 Å². The molecule has 0 unspecified atom stereocenters. The summed E-state index contributed by atoms with van der Waals surface area (Å²) in [5, 5.41) is 6.58. The SMILES string of the molecule is O=C(N/C(=C/c1cccs1)C(=O)N1CCCC1)c1cccs1. The third kappa shape index (κ3) is 3.45. The summed E-state index contributed by atoms with van der Waals surface area (Å²) in [6.07, 6.45) is 3.81. The van der Waals surface area contributed by atoms with Crippen molar-refractivity contribution in [2.24, 2.45) is 0 Å². The molecule has 1 aliphatic rings. The molecule has 0 radical (unpaired) electrons. The Morgan fingerprint density at radius 2 is 1.82 bits per heavy atom. The average molecular weight is 332 g/mol. The predicted molar refractivity (Wildman–Crippen MR) is 89.9 cm³/mol. The molecule has 1 aliphatic heterocycles. The van der Waals surface area contributed by atoms with Crippen molar-refractivity contribution in [1.29, 1.82) is 0 Å². The minimum atomic E-state index is -0.231. The maximum absolute atomic E-state index is 12.6. The van der Waals surface area contributed by atoms with E-state index in [1.54, 1.807) is 17.0 Å². The summed E-state index contributed by atoms with van der Waals surface area (Å²) in [5.74, 6) is -0.332. The van der Waals surface area contributed by atoms with E-state index in [9.17, 15) is 9.59 Å². The number of carbonyl (C=O) groups is 2. The molecule has 0 aromatic carbocycles. The van der Waals surface area contributed by atoms with Crippen LogP contribution in [0.3, 0.4) is 0 Å². The molecule has 3 heterocycles. The number of rotatable bonds is 4. The van der Waals surface area contributed by atoms with Crippen LogP contribution in [0.1, 0.15) is 27.4 Å². The lowest BCUT2D eigenvalue weighted by Crippen LogP contribution is -2.36. The number of carbonyl (C=O) groups excluding carboxylic acids is 2. The maximum Gasteiger partial charge on any atom is 0.270 e. The molecule has 0 aliphatic carbocycles. The van der Waals surface area contributed by atoms with E-state index in [1.807, 2.05) is 29.0 Å². The Morgan fingerprint density at radius 1 is 1.09 bits per heavy atom. The Hall–Kier alpha value is -1.92.